The topological polar surface area (TPSA) is 35.5 Å². The number of unbranched alkanes of at least 4 members (excludes halogenated alkanes) is 12. The van der Waals surface area contributed by atoms with Crippen LogP contribution in [0, 0.1) is 0 Å². The van der Waals surface area contributed by atoms with Crippen LogP contribution in [-0.4, -0.2) is 12.6 Å². The van der Waals surface area contributed by atoms with Crippen LogP contribution in [0.25, 0.3) is 11.1 Å². The monoisotopic (exact) mass is 494 g/mol. The van der Waals surface area contributed by atoms with Crippen molar-refractivity contribution in [2.45, 2.75) is 123 Å². The summed E-state index contributed by atoms with van der Waals surface area (Å²) < 4.78 is 11.6. The Kier molecular flexibility index (Phi) is 15.7. The minimum atomic E-state index is -0.224. The summed E-state index contributed by atoms with van der Waals surface area (Å²) in [4.78, 5) is 12.3. The molecule has 0 heterocycles. The standard InChI is InChI=1S/C33H50O3/c1-4-6-8-10-11-12-13-14-16-18-33(34)36-28(3)29-19-21-30(22-20-29)31-23-25-32(26-24-31)35-27-17-15-9-7-5-2/h19-26,28H,4-18,27H2,1-3H3. The van der Waals surface area contributed by atoms with Crippen LogP contribution in [0.15, 0.2) is 48.5 Å². The van der Waals surface area contributed by atoms with Gasteiger partial charge in [-0.3, -0.25) is 4.79 Å². The van der Waals surface area contributed by atoms with Crippen LogP contribution in [0.5, 0.6) is 5.75 Å². The highest BCUT2D eigenvalue weighted by atomic mass is 16.5. The number of ether oxygens (including phenoxy) is 2. The smallest absolute Gasteiger partial charge is 0.306 e. The van der Waals surface area contributed by atoms with Crippen LogP contribution in [-0.2, 0) is 9.53 Å². The van der Waals surface area contributed by atoms with Gasteiger partial charge < -0.3 is 9.47 Å². The lowest BCUT2D eigenvalue weighted by Crippen LogP contribution is -2.08. The quantitative estimate of drug-likeness (QED) is 0.136. The number of rotatable bonds is 20. The molecule has 0 fully saturated rings. The maximum atomic E-state index is 12.3. The molecule has 0 aliphatic rings. The predicted octanol–water partition coefficient (Wildman–Crippen LogP) is 10.2. The molecule has 1 unspecified atom stereocenters. The van der Waals surface area contributed by atoms with Crippen molar-refractivity contribution in [1.82, 2.24) is 0 Å². The zero-order valence-electron chi connectivity index (χ0n) is 23.2. The first kappa shape index (κ1) is 29.9. The van der Waals surface area contributed by atoms with E-state index in [-0.39, 0.29) is 12.1 Å². The van der Waals surface area contributed by atoms with Gasteiger partial charge in [0.25, 0.3) is 0 Å². The van der Waals surface area contributed by atoms with Gasteiger partial charge in [0.2, 0.25) is 0 Å². The fourth-order valence-electron chi connectivity index (χ4n) is 4.49. The second-order valence-corrected chi connectivity index (χ2v) is 10.1. The number of hydrogen-bond acceptors (Lipinski definition) is 3. The Morgan fingerprint density at radius 1 is 0.639 bits per heavy atom. The van der Waals surface area contributed by atoms with Gasteiger partial charge in [-0.2, -0.15) is 0 Å². The highest BCUT2D eigenvalue weighted by molar-refractivity contribution is 5.69. The summed E-state index contributed by atoms with van der Waals surface area (Å²) in [6.45, 7) is 7.23. The predicted molar refractivity (Wildman–Crippen MR) is 152 cm³/mol. The molecule has 2 aromatic rings. The summed E-state index contributed by atoms with van der Waals surface area (Å²) >= 11 is 0. The van der Waals surface area contributed by atoms with Gasteiger partial charge >= 0.3 is 5.97 Å². The lowest BCUT2D eigenvalue weighted by molar-refractivity contribution is -0.148. The molecule has 2 rings (SSSR count). The molecular weight excluding hydrogens is 444 g/mol. The molecular formula is C33H50O3. The summed E-state index contributed by atoms with van der Waals surface area (Å²) in [6.07, 6.45) is 17.8. The summed E-state index contributed by atoms with van der Waals surface area (Å²) in [5.74, 6) is 0.842. The first-order valence-electron chi connectivity index (χ1n) is 14.7. The molecule has 0 saturated carbocycles. The van der Waals surface area contributed by atoms with Gasteiger partial charge in [0.1, 0.15) is 11.9 Å². The molecule has 0 aliphatic carbocycles. The van der Waals surface area contributed by atoms with Gasteiger partial charge in [0.05, 0.1) is 6.61 Å². The van der Waals surface area contributed by atoms with Crippen molar-refractivity contribution in [3.8, 4) is 16.9 Å². The van der Waals surface area contributed by atoms with E-state index in [0.717, 1.165) is 48.3 Å². The van der Waals surface area contributed by atoms with E-state index in [1.165, 1.54) is 70.6 Å². The van der Waals surface area contributed by atoms with Gasteiger partial charge in [0, 0.05) is 6.42 Å². The molecule has 0 radical (unpaired) electrons. The second kappa shape index (κ2) is 18.9. The maximum Gasteiger partial charge on any atom is 0.306 e. The molecule has 0 N–H and O–H groups in total. The van der Waals surface area contributed by atoms with E-state index >= 15 is 0 Å². The molecule has 3 heteroatoms. The second-order valence-electron chi connectivity index (χ2n) is 10.1. The van der Waals surface area contributed by atoms with E-state index < -0.39 is 0 Å². The van der Waals surface area contributed by atoms with E-state index in [1.54, 1.807) is 0 Å². The molecule has 0 saturated heterocycles. The SMILES string of the molecule is CCCCCCCCCCCC(=O)OC(C)c1ccc(-c2ccc(OCCCCCCC)cc2)cc1. The first-order chi connectivity index (χ1) is 17.6. The van der Waals surface area contributed by atoms with Crippen molar-refractivity contribution in [2.24, 2.45) is 0 Å². The maximum absolute atomic E-state index is 12.3. The lowest BCUT2D eigenvalue weighted by Gasteiger charge is -2.14. The summed E-state index contributed by atoms with van der Waals surface area (Å²) in [7, 11) is 0. The van der Waals surface area contributed by atoms with E-state index in [0.29, 0.717) is 6.42 Å². The number of carbonyl (C=O) groups excluding carboxylic acids is 1. The van der Waals surface area contributed by atoms with Gasteiger partial charge in [-0.05, 0) is 48.6 Å². The third kappa shape index (κ3) is 12.6. The molecule has 0 amide bonds. The van der Waals surface area contributed by atoms with Crippen LogP contribution in [0.2, 0.25) is 0 Å². The normalized spacial score (nSPS) is 11.9. The highest BCUT2D eigenvalue weighted by Crippen LogP contribution is 2.26. The minimum Gasteiger partial charge on any atom is -0.494 e. The van der Waals surface area contributed by atoms with Crippen LogP contribution in [0.1, 0.15) is 129 Å². The Morgan fingerprint density at radius 2 is 1.11 bits per heavy atom. The van der Waals surface area contributed by atoms with E-state index in [9.17, 15) is 4.79 Å². The van der Waals surface area contributed by atoms with Gasteiger partial charge in [-0.25, -0.2) is 0 Å². The zero-order chi connectivity index (χ0) is 25.8. The van der Waals surface area contributed by atoms with Gasteiger partial charge in [0.15, 0.2) is 0 Å². The largest absolute Gasteiger partial charge is 0.494 e. The van der Waals surface area contributed by atoms with Crippen LogP contribution < -0.4 is 4.74 Å². The molecule has 3 nitrogen and oxygen atoms in total. The molecule has 1 atom stereocenters. The Balaban J connectivity index is 1.66. The highest BCUT2D eigenvalue weighted by Gasteiger charge is 2.12. The molecule has 0 aliphatic heterocycles. The fourth-order valence-corrected chi connectivity index (χ4v) is 4.49. The average Bonchev–Trinajstić information content (AvgIpc) is 2.90. The molecule has 0 bridgehead atoms. The first-order valence-corrected chi connectivity index (χ1v) is 14.7. The van der Waals surface area contributed by atoms with Crippen molar-refractivity contribution >= 4 is 5.97 Å². The van der Waals surface area contributed by atoms with Crippen molar-refractivity contribution in [3.05, 3.63) is 54.1 Å². The van der Waals surface area contributed by atoms with Crippen molar-refractivity contribution < 1.29 is 14.3 Å². The zero-order valence-corrected chi connectivity index (χ0v) is 23.2. The molecule has 0 aromatic heterocycles. The molecule has 36 heavy (non-hydrogen) atoms. The number of hydrogen-bond donors (Lipinski definition) is 0. The number of esters is 1. The third-order valence-electron chi connectivity index (χ3n) is 6.88. The summed E-state index contributed by atoms with van der Waals surface area (Å²) in [6, 6.07) is 16.6. The number of benzene rings is 2. The number of carbonyl (C=O) groups is 1. The van der Waals surface area contributed by atoms with E-state index in [1.807, 2.05) is 19.1 Å². The van der Waals surface area contributed by atoms with Crippen molar-refractivity contribution in [3.63, 3.8) is 0 Å². The van der Waals surface area contributed by atoms with Gasteiger partial charge in [-0.1, -0.05) is 127 Å². The molecule has 200 valence electrons. The summed E-state index contributed by atoms with van der Waals surface area (Å²) in [5.41, 5.74) is 3.34. The third-order valence-corrected chi connectivity index (χ3v) is 6.88. The summed E-state index contributed by atoms with van der Waals surface area (Å²) in [5, 5.41) is 0. The average molecular weight is 495 g/mol. The Labute approximate surface area is 221 Å². The van der Waals surface area contributed by atoms with Crippen LogP contribution >= 0.6 is 0 Å². The van der Waals surface area contributed by atoms with Gasteiger partial charge in [-0.15, -0.1) is 0 Å². The van der Waals surface area contributed by atoms with Crippen LogP contribution in [0.4, 0.5) is 0 Å². The Bertz CT molecular complexity index is 810. The Morgan fingerprint density at radius 3 is 1.67 bits per heavy atom. The molecule has 0 spiro atoms. The van der Waals surface area contributed by atoms with Crippen molar-refractivity contribution in [2.75, 3.05) is 6.61 Å². The van der Waals surface area contributed by atoms with Crippen LogP contribution in [0.3, 0.4) is 0 Å². The van der Waals surface area contributed by atoms with E-state index in [4.69, 9.17) is 9.47 Å². The Hall–Kier alpha value is -2.29. The molecule has 2 aromatic carbocycles. The van der Waals surface area contributed by atoms with Crippen molar-refractivity contribution in [1.29, 1.82) is 0 Å². The van der Waals surface area contributed by atoms with E-state index in [2.05, 4.69) is 50.2 Å². The fraction of sp³-hybridized carbons (Fsp3) is 0.606. The minimum absolute atomic E-state index is 0.0875. The lowest BCUT2D eigenvalue weighted by atomic mass is 10.0.